The minimum Gasteiger partial charge on any atom is -0.463 e. The number of nitrogens with zero attached hydrogens (tertiary/aromatic N) is 4. The maximum absolute atomic E-state index is 12.2. The van der Waals surface area contributed by atoms with Crippen molar-refractivity contribution >= 4 is 29.8 Å². The Hall–Kier alpha value is -4.27. The quantitative estimate of drug-likeness (QED) is 0.294. The van der Waals surface area contributed by atoms with Gasteiger partial charge in [0.15, 0.2) is 24.5 Å². The van der Waals surface area contributed by atoms with Crippen molar-refractivity contribution in [1.29, 1.82) is 0 Å². The van der Waals surface area contributed by atoms with Gasteiger partial charge in [-0.2, -0.15) is 0 Å². The summed E-state index contributed by atoms with van der Waals surface area (Å²) in [4.78, 5) is 59.5. The standard InChI is InChI=1S/C24H31N5O10/c1-14(30)35-13-19-21(36-15(2)31)22(37-16(3)32)23(38-17(4)33)24(39-19)29-12-18(26-27-29)11-25-20(34)7-10-28-8-5-6-9-28/h5-6,8-9,12,19,21-24H,7,10-11,13H2,1-4H3,(H,25,34)/t19?,21-,22?,23?,24+/m0/s1. The fourth-order valence-electron chi connectivity index (χ4n) is 3.96. The molecule has 5 atom stereocenters. The van der Waals surface area contributed by atoms with Gasteiger partial charge in [-0.3, -0.25) is 24.0 Å². The second kappa shape index (κ2) is 13.5. The van der Waals surface area contributed by atoms with E-state index in [0.29, 0.717) is 12.2 Å². The Bertz CT molecular complexity index is 1160. The van der Waals surface area contributed by atoms with Crippen molar-refractivity contribution in [3.63, 3.8) is 0 Å². The zero-order valence-corrected chi connectivity index (χ0v) is 22.0. The third-order valence-corrected chi connectivity index (χ3v) is 5.51. The number of aromatic nitrogens is 4. The molecule has 0 radical (unpaired) electrons. The molecule has 2 aromatic heterocycles. The molecule has 15 heteroatoms. The number of amides is 1. The number of hydrogen-bond acceptors (Lipinski definition) is 12. The number of ether oxygens (including phenoxy) is 5. The lowest BCUT2D eigenvalue weighted by Crippen LogP contribution is -2.60. The fourth-order valence-corrected chi connectivity index (χ4v) is 3.96. The van der Waals surface area contributed by atoms with Crippen molar-refractivity contribution in [2.45, 2.75) is 77.8 Å². The highest BCUT2D eigenvalue weighted by molar-refractivity contribution is 5.75. The van der Waals surface area contributed by atoms with Crippen LogP contribution in [-0.2, 0) is 60.7 Å². The maximum atomic E-state index is 12.2. The molecule has 212 valence electrons. The molecule has 1 aliphatic heterocycles. The Morgan fingerprint density at radius 1 is 0.897 bits per heavy atom. The molecular weight excluding hydrogens is 518 g/mol. The topological polar surface area (TPSA) is 179 Å². The van der Waals surface area contributed by atoms with E-state index in [1.165, 1.54) is 17.8 Å². The zero-order chi connectivity index (χ0) is 28.5. The Morgan fingerprint density at radius 3 is 2.13 bits per heavy atom. The van der Waals surface area contributed by atoms with Gasteiger partial charge < -0.3 is 33.6 Å². The van der Waals surface area contributed by atoms with Crippen LogP contribution >= 0.6 is 0 Å². The molecule has 0 saturated carbocycles. The van der Waals surface area contributed by atoms with E-state index in [1.54, 1.807) is 0 Å². The van der Waals surface area contributed by atoms with Gasteiger partial charge in [0.05, 0.1) is 12.7 Å². The van der Waals surface area contributed by atoms with E-state index in [1.807, 2.05) is 29.1 Å². The van der Waals surface area contributed by atoms with E-state index in [-0.39, 0.29) is 25.5 Å². The van der Waals surface area contributed by atoms with E-state index in [9.17, 15) is 24.0 Å². The number of carbonyl (C=O) groups is 5. The average molecular weight is 550 g/mol. The molecule has 1 aliphatic rings. The Balaban J connectivity index is 1.81. The normalized spacial score (nSPS) is 22.4. The predicted molar refractivity (Wildman–Crippen MR) is 128 cm³/mol. The number of rotatable bonds is 11. The number of nitrogens with one attached hydrogen (secondary N) is 1. The zero-order valence-electron chi connectivity index (χ0n) is 22.0. The number of hydrogen-bond donors (Lipinski definition) is 1. The molecule has 3 rings (SSSR count). The van der Waals surface area contributed by atoms with E-state index in [2.05, 4.69) is 15.6 Å². The van der Waals surface area contributed by atoms with Crippen LogP contribution in [0.1, 0.15) is 46.0 Å². The maximum Gasteiger partial charge on any atom is 0.303 e. The molecule has 0 aromatic carbocycles. The second-order valence-electron chi connectivity index (χ2n) is 8.73. The van der Waals surface area contributed by atoms with Gasteiger partial charge in [-0.25, -0.2) is 4.68 Å². The minimum atomic E-state index is -1.34. The molecule has 1 N–H and O–H groups in total. The van der Waals surface area contributed by atoms with E-state index in [0.717, 1.165) is 20.8 Å². The summed E-state index contributed by atoms with van der Waals surface area (Å²) in [5.74, 6) is -3.04. The summed E-state index contributed by atoms with van der Waals surface area (Å²) in [6.45, 7) is 4.79. The number of aryl methyl sites for hydroxylation is 1. The molecule has 1 fully saturated rings. The van der Waals surface area contributed by atoms with Crippen molar-refractivity contribution in [3.8, 4) is 0 Å². The van der Waals surface area contributed by atoms with Crippen molar-refractivity contribution in [2.24, 2.45) is 0 Å². The molecule has 3 unspecified atom stereocenters. The molecule has 2 aromatic rings. The molecule has 1 amide bonds. The Morgan fingerprint density at radius 2 is 1.51 bits per heavy atom. The molecule has 39 heavy (non-hydrogen) atoms. The van der Waals surface area contributed by atoms with Crippen LogP contribution in [0.5, 0.6) is 0 Å². The van der Waals surface area contributed by atoms with Crippen LogP contribution < -0.4 is 5.32 Å². The second-order valence-corrected chi connectivity index (χ2v) is 8.73. The van der Waals surface area contributed by atoms with Gasteiger partial charge in [-0.1, -0.05) is 5.21 Å². The van der Waals surface area contributed by atoms with Crippen LogP contribution in [0.4, 0.5) is 0 Å². The lowest BCUT2D eigenvalue weighted by molar-refractivity contribution is -0.270. The first-order valence-corrected chi connectivity index (χ1v) is 12.1. The summed E-state index contributed by atoms with van der Waals surface area (Å²) >= 11 is 0. The van der Waals surface area contributed by atoms with Crippen LogP contribution in [0, 0.1) is 0 Å². The van der Waals surface area contributed by atoms with Crippen LogP contribution in [0.25, 0.3) is 0 Å². The van der Waals surface area contributed by atoms with Crippen LogP contribution in [-0.4, -0.2) is 80.4 Å². The van der Waals surface area contributed by atoms with Crippen LogP contribution in [0.2, 0.25) is 0 Å². The summed E-state index contributed by atoms with van der Waals surface area (Å²) in [5.41, 5.74) is 0.358. The Kier molecular flexibility index (Phi) is 10.1. The highest BCUT2D eigenvalue weighted by atomic mass is 16.7. The molecule has 1 saturated heterocycles. The molecule has 0 bridgehead atoms. The van der Waals surface area contributed by atoms with Gasteiger partial charge in [0.25, 0.3) is 0 Å². The Labute approximate surface area is 223 Å². The fraction of sp³-hybridized carbons (Fsp3) is 0.542. The smallest absolute Gasteiger partial charge is 0.303 e. The molecule has 15 nitrogen and oxygen atoms in total. The molecule has 0 aliphatic carbocycles. The van der Waals surface area contributed by atoms with Crippen molar-refractivity contribution in [2.75, 3.05) is 6.61 Å². The molecule has 0 spiro atoms. The monoisotopic (exact) mass is 549 g/mol. The lowest BCUT2D eigenvalue weighted by Gasteiger charge is -2.44. The van der Waals surface area contributed by atoms with Gasteiger partial charge in [0, 0.05) is 53.1 Å². The van der Waals surface area contributed by atoms with Crippen LogP contribution in [0.15, 0.2) is 30.7 Å². The molecule has 3 heterocycles. The van der Waals surface area contributed by atoms with Gasteiger partial charge in [0.2, 0.25) is 5.91 Å². The van der Waals surface area contributed by atoms with Gasteiger partial charge in [-0.15, -0.1) is 5.10 Å². The van der Waals surface area contributed by atoms with Crippen molar-refractivity contribution < 1.29 is 47.7 Å². The minimum absolute atomic E-state index is 0.0514. The van der Waals surface area contributed by atoms with Crippen LogP contribution in [0.3, 0.4) is 0 Å². The summed E-state index contributed by atoms with van der Waals surface area (Å²) in [6, 6.07) is 3.73. The van der Waals surface area contributed by atoms with Crippen molar-refractivity contribution in [3.05, 3.63) is 36.4 Å². The first-order chi connectivity index (χ1) is 18.5. The summed E-state index contributed by atoms with van der Waals surface area (Å²) in [7, 11) is 0. The number of carbonyl (C=O) groups excluding carboxylic acids is 5. The largest absolute Gasteiger partial charge is 0.463 e. The highest BCUT2D eigenvalue weighted by Crippen LogP contribution is 2.34. The van der Waals surface area contributed by atoms with Gasteiger partial charge in [0.1, 0.15) is 18.4 Å². The summed E-state index contributed by atoms with van der Waals surface area (Å²) in [6.07, 6.45) is -0.884. The van der Waals surface area contributed by atoms with Gasteiger partial charge in [-0.05, 0) is 12.1 Å². The van der Waals surface area contributed by atoms with E-state index < -0.39 is 54.5 Å². The van der Waals surface area contributed by atoms with E-state index in [4.69, 9.17) is 23.7 Å². The SMILES string of the molecule is CC(=O)OCC1O[C@@H](n2cc(CNC(=O)CCn3cccc3)nn2)C(OC(C)=O)C(OC(C)=O)[C@H]1OC(C)=O. The third-order valence-electron chi connectivity index (χ3n) is 5.51. The lowest BCUT2D eigenvalue weighted by atomic mass is 9.97. The van der Waals surface area contributed by atoms with Crippen molar-refractivity contribution in [1.82, 2.24) is 24.9 Å². The first-order valence-electron chi connectivity index (χ1n) is 12.1. The first kappa shape index (κ1) is 29.3. The summed E-state index contributed by atoms with van der Waals surface area (Å²) in [5, 5.41) is 10.8. The molecular formula is C24H31N5O10. The highest BCUT2D eigenvalue weighted by Gasteiger charge is 2.53. The van der Waals surface area contributed by atoms with Gasteiger partial charge >= 0.3 is 23.9 Å². The average Bonchev–Trinajstić information content (AvgIpc) is 3.54. The number of esters is 4. The summed E-state index contributed by atoms with van der Waals surface area (Å²) < 4.78 is 30.4. The third kappa shape index (κ3) is 8.63. The van der Waals surface area contributed by atoms with E-state index >= 15 is 0 Å². The predicted octanol–water partition coefficient (Wildman–Crippen LogP) is 0.0417.